The van der Waals surface area contributed by atoms with Crippen molar-refractivity contribution in [3.8, 4) is 0 Å². The van der Waals surface area contributed by atoms with Gasteiger partial charge in [-0.2, -0.15) is 0 Å². The van der Waals surface area contributed by atoms with Crippen LogP contribution < -0.4 is 5.73 Å². The van der Waals surface area contributed by atoms with E-state index in [1.807, 2.05) is 4.57 Å². The van der Waals surface area contributed by atoms with Gasteiger partial charge in [0.05, 0.1) is 6.33 Å². The summed E-state index contributed by atoms with van der Waals surface area (Å²) in [5.74, 6) is 0.553. The second kappa shape index (κ2) is 4.18. The molecule has 1 fully saturated rings. The summed E-state index contributed by atoms with van der Waals surface area (Å²) in [6.45, 7) is 0.154. The number of hydrogen-bond donors (Lipinski definition) is 3. The Kier molecular flexibility index (Phi) is 2.64. The number of nitrogens with two attached hydrogens (primary N) is 1. The normalized spacial score (nSPS) is 27.3. The quantitative estimate of drug-likeness (QED) is 0.681. The van der Waals surface area contributed by atoms with Gasteiger partial charge in [0.2, 0.25) is 0 Å². The maximum Gasteiger partial charge on any atom is 0.165 e. The number of aliphatic hydroxyl groups excluding tert-OH is 2. The second-order valence-corrected chi connectivity index (χ2v) is 4.68. The fraction of sp³-hybridized carbons (Fsp3) is 0.545. The molecule has 18 heavy (non-hydrogen) atoms. The second-order valence-electron chi connectivity index (χ2n) is 4.68. The molecular weight excluding hydrogens is 234 g/mol. The zero-order valence-corrected chi connectivity index (χ0v) is 9.77. The van der Waals surface area contributed by atoms with Crippen molar-refractivity contribution in [1.29, 1.82) is 0 Å². The summed E-state index contributed by atoms with van der Waals surface area (Å²) < 4.78 is 1.92. The van der Waals surface area contributed by atoms with Crippen molar-refractivity contribution in [1.82, 2.24) is 19.5 Å². The van der Waals surface area contributed by atoms with E-state index in [-0.39, 0.29) is 31.1 Å². The molecule has 3 atom stereocenters. The number of rotatable bonds is 3. The molecule has 0 aliphatic heterocycles. The van der Waals surface area contributed by atoms with Crippen LogP contribution in [0.1, 0.15) is 12.5 Å². The SMILES string of the molecule is Nc1ncnc2c1ncn2[C@@H]1C[C@@H](CO)[C@@H]1CO. The molecule has 1 aliphatic rings. The van der Waals surface area contributed by atoms with Gasteiger partial charge in [-0.15, -0.1) is 0 Å². The Hall–Kier alpha value is -1.73. The lowest BCUT2D eigenvalue weighted by molar-refractivity contribution is -0.00529. The third-order valence-corrected chi connectivity index (χ3v) is 3.83. The van der Waals surface area contributed by atoms with Crippen molar-refractivity contribution in [3.63, 3.8) is 0 Å². The van der Waals surface area contributed by atoms with Crippen LogP contribution in [0.25, 0.3) is 11.2 Å². The van der Waals surface area contributed by atoms with Crippen LogP contribution in [0.2, 0.25) is 0 Å². The summed E-state index contributed by atoms with van der Waals surface area (Å²) in [5.41, 5.74) is 7.00. The molecule has 1 aliphatic carbocycles. The van der Waals surface area contributed by atoms with Crippen LogP contribution in [0.15, 0.2) is 12.7 Å². The average Bonchev–Trinajstić information content (AvgIpc) is 2.75. The van der Waals surface area contributed by atoms with Gasteiger partial charge in [-0.25, -0.2) is 15.0 Å². The Morgan fingerprint density at radius 1 is 1.28 bits per heavy atom. The fourth-order valence-corrected chi connectivity index (χ4v) is 2.69. The molecule has 2 aromatic heterocycles. The lowest BCUT2D eigenvalue weighted by Crippen LogP contribution is -2.42. The van der Waals surface area contributed by atoms with Crippen molar-refractivity contribution in [2.24, 2.45) is 11.8 Å². The smallest absolute Gasteiger partial charge is 0.165 e. The van der Waals surface area contributed by atoms with E-state index in [9.17, 15) is 10.2 Å². The number of fused-ring (bicyclic) bond motifs is 1. The van der Waals surface area contributed by atoms with Gasteiger partial charge in [0.25, 0.3) is 0 Å². The molecule has 1 saturated carbocycles. The Labute approximate surface area is 103 Å². The van der Waals surface area contributed by atoms with Crippen LogP contribution in [0.5, 0.6) is 0 Å². The molecule has 0 aromatic carbocycles. The predicted octanol–water partition coefficient (Wildman–Crippen LogP) is -0.430. The van der Waals surface area contributed by atoms with E-state index in [0.717, 1.165) is 6.42 Å². The number of aromatic nitrogens is 4. The third-order valence-electron chi connectivity index (χ3n) is 3.83. The van der Waals surface area contributed by atoms with Gasteiger partial charge < -0.3 is 20.5 Å². The summed E-state index contributed by atoms with van der Waals surface area (Å²) in [5, 5.41) is 18.6. The van der Waals surface area contributed by atoms with Crippen LogP contribution in [-0.4, -0.2) is 42.9 Å². The molecule has 2 heterocycles. The van der Waals surface area contributed by atoms with Gasteiger partial charge in [-0.3, -0.25) is 0 Å². The average molecular weight is 249 g/mol. The minimum absolute atomic E-state index is 0.0450. The van der Waals surface area contributed by atoms with Crippen molar-refractivity contribution in [3.05, 3.63) is 12.7 Å². The summed E-state index contributed by atoms with van der Waals surface area (Å²) >= 11 is 0. The summed E-state index contributed by atoms with van der Waals surface area (Å²) in [7, 11) is 0. The molecule has 2 aromatic rings. The van der Waals surface area contributed by atoms with E-state index in [2.05, 4.69) is 15.0 Å². The minimum Gasteiger partial charge on any atom is -0.396 e. The molecule has 0 amide bonds. The predicted molar refractivity (Wildman–Crippen MR) is 64.5 cm³/mol. The van der Waals surface area contributed by atoms with Gasteiger partial charge in [-0.1, -0.05) is 0 Å². The van der Waals surface area contributed by atoms with E-state index >= 15 is 0 Å². The minimum atomic E-state index is 0.0450. The number of hydrogen-bond acceptors (Lipinski definition) is 6. The van der Waals surface area contributed by atoms with E-state index in [4.69, 9.17) is 5.73 Å². The Balaban J connectivity index is 1.99. The van der Waals surface area contributed by atoms with Crippen LogP contribution in [-0.2, 0) is 0 Å². The number of anilines is 1. The summed E-state index contributed by atoms with van der Waals surface area (Å²) in [6.07, 6.45) is 3.90. The topological polar surface area (TPSA) is 110 Å². The zero-order valence-electron chi connectivity index (χ0n) is 9.77. The number of imidazole rings is 1. The Morgan fingerprint density at radius 2 is 2.11 bits per heavy atom. The van der Waals surface area contributed by atoms with E-state index in [0.29, 0.717) is 17.0 Å². The van der Waals surface area contributed by atoms with Gasteiger partial charge in [0.15, 0.2) is 11.5 Å². The van der Waals surface area contributed by atoms with E-state index < -0.39 is 0 Å². The molecule has 4 N–H and O–H groups in total. The lowest BCUT2D eigenvalue weighted by Gasteiger charge is -2.43. The molecule has 7 nitrogen and oxygen atoms in total. The third kappa shape index (κ3) is 1.48. The van der Waals surface area contributed by atoms with Gasteiger partial charge in [-0.05, 0) is 12.3 Å². The van der Waals surface area contributed by atoms with Crippen molar-refractivity contribution in [2.45, 2.75) is 12.5 Å². The number of nitrogen functional groups attached to an aromatic ring is 1. The summed E-state index contributed by atoms with van der Waals surface area (Å²) in [4.78, 5) is 12.3. The molecule has 0 spiro atoms. The first-order valence-electron chi connectivity index (χ1n) is 5.91. The first-order valence-corrected chi connectivity index (χ1v) is 5.91. The van der Waals surface area contributed by atoms with E-state index in [1.54, 1.807) is 6.33 Å². The fourth-order valence-electron chi connectivity index (χ4n) is 2.69. The van der Waals surface area contributed by atoms with Crippen LogP contribution >= 0.6 is 0 Å². The highest BCUT2D eigenvalue weighted by Gasteiger charge is 2.41. The first kappa shape index (κ1) is 11.4. The largest absolute Gasteiger partial charge is 0.396 e. The molecular formula is C11H15N5O2. The maximum atomic E-state index is 9.38. The Morgan fingerprint density at radius 3 is 2.83 bits per heavy atom. The molecule has 0 bridgehead atoms. The molecule has 0 unspecified atom stereocenters. The van der Waals surface area contributed by atoms with Crippen molar-refractivity contribution in [2.75, 3.05) is 18.9 Å². The Bertz CT molecular complexity index is 570. The maximum absolute atomic E-state index is 9.38. The zero-order chi connectivity index (χ0) is 12.7. The first-order chi connectivity index (χ1) is 8.76. The lowest BCUT2D eigenvalue weighted by atomic mass is 9.70. The highest BCUT2D eigenvalue weighted by molar-refractivity contribution is 5.81. The van der Waals surface area contributed by atoms with Gasteiger partial charge in [0, 0.05) is 25.2 Å². The monoisotopic (exact) mass is 249 g/mol. The molecule has 7 heteroatoms. The standard InChI is InChI=1S/C11H15N5O2/c12-10-9-11(14-4-13-10)16(5-15-9)8-1-6(2-17)7(8)3-18/h4-8,17-18H,1-3H2,(H2,12,13,14)/t6-,7-,8+/m0/s1. The molecule has 0 saturated heterocycles. The molecule has 3 rings (SSSR count). The summed E-state index contributed by atoms with van der Waals surface area (Å²) in [6, 6.07) is 0.117. The van der Waals surface area contributed by atoms with E-state index in [1.165, 1.54) is 6.33 Å². The van der Waals surface area contributed by atoms with Crippen LogP contribution in [0.4, 0.5) is 5.82 Å². The highest BCUT2D eigenvalue weighted by Crippen LogP contribution is 2.44. The molecule has 0 radical (unpaired) electrons. The molecule has 96 valence electrons. The van der Waals surface area contributed by atoms with Crippen molar-refractivity contribution >= 4 is 17.0 Å². The number of nitrogens with zero attached hydrogens (tertiary/aromatic N) is 4. The van der Waals surface area contributed by atoms with Crippen LogP contribution in [0, 0.1) is 11.8 Å². The van der Waals surface area contributed by atoms with Crippen molar-refractivity contribution < 1.29 is 10.2 Å². The van der Waals surface area contributed by atoms with Crippen LogP contribution in [0.3, 0.4) is 0 Å². The highest BCUT2D eigenvalue weighted by atomic mass is 16.3. The van der Waals surface area contributed by atoms with Gasteiger partial charge >= 0.3 is 0 Å². The number of aliphatic hydroxyl groups is 2. The van der Waals surface area contributed by atoms with Gasteiger partial charge in [0.1, 0.15) is 11.8 Å².